The summed E-state index contributed by atoms with van der Waals surface area (Å²) in [5.41, 5.74) is 1.19. The van der Waals surface area contributed by atoms with E-state index in [1.54, 1.807) is 24.3 Å². The standard InChI is InChI=1S/C21H25FN2O5/c1-27-13-4-5-15(22)14(10-13)20-16(6-7-19(25)24-20)23-11-12-8-17(28-2)21(26)18(9-12)29-3/h4-5,8-10,16,20,23,26H,6-7,11H2,1-3H3,(H,24,25)/t16-,20+/m1/s1. The molecule has 0 unspecified atom stereocenters. The molecule has 0 saturated carbocycles. The lowest BCUT2D eigenvalue weighted by Crippen LogP contribution is -2.48. The number of hydrogen-bond donors (Lipinski definition) is 3. The first-order valence-corrected chi connectivity index (χ1v) is 9.26. The van der Waals surface area contributed by atoms with E-state index in [0.29, 0.717) is 42.2 Å². The van der Waals surface area contributed by atoms with Crippen LogP contribution in [0.5, 0.6) is 23.0 Å². The third kappa shape index (κ3) is 4.54. The fourth-order valence-corrected chi connectivity index (χ4v) is 3.50. The van der Waals surface area contributed by atoms with Crippen LogP contribution in [0.3, 0.4) is 0 Å². The van der Waals surface area contributed by atoms with Crippen LogP contribution >= 0.6 is 0 Å². The van der Waals surface area contributed by atoms with Crippen LogP contribution in [0.25, 0.3) is 0 Å². The Labute approximate surface area is 168 Å². The first kappa shape index (κ1) is 20.7. The zero-order chi connectivity index (χ0) is 21.0. The lowest BCUT2D eigenvalue weighted by Gasteiger charge is -2.33. The minimum Gasteiger partial charge on any atom is -0.502 e. The molecule has 156 valence electrons. The number of hydrogen-bond acceptors (Lipinski definition) is 6. The number of piperidine rings is 1. The number of methoxy groups -OCH3 is 3. The minimum absolute atomic E-state index is 0.0694. The highest BCUT2D eigenvalue weighted by atomic mass is 19.1. The van der Waals surface area contributed by atoms with Crippen molar-refractivity contribution in [3.8, 4) is 23.0 Å². The highest BCUT2D eigenvalue weighted by Gasteiger charge is 2.31. The van der Waals surface area contributed by atoms with E-state index < -0.39 is 11.9 Å². The van der Waals surface area contributed by atoms with Gasteiger partial charge < -0.3 is 30.0 Å². The zero-order valence-electron chi connectivity index (χ0n) is 16.6. The van der Waals surface area contributed by atoms with Gasteiger partial charge in [0.25, 0.3) is 0 Å². The molecule has 0 spiro atoms. The van der Waals surface area contributed by atoms with Crippen LogP contribution in [0, 0.1) is 5.82 Å². The number of amides is 1. The molecule has 2 aromatic carbocycles. The maximum Gasteiger partial charge on any atom is 0.220 e. The molecule has 3 rings (SSSR count). The van der Waals surface area contributed by atoms with Gasteiger partial charge in [-0.1, -0.05) is 0 Å². The molecule has 0 aromatic heterocycles. The van der Waals surface area contributed by atoms with Crippen molar-refractivity contribution < 1.29 is 28.5 Å². The van der Waals surface area contributed by atoms with E-state index in [1.165, 1.54) is 27.4 Å². The van der Waals surface area contributed by atoms with E-state index in [9.17, 15) is 14.3 Å². The zero-order valence-corrected chi connectivity index (χ0v) is 16.6. The topological polar surface area (TPSA) is 89.1 Å². The summed E-state index contributed by atoms with van der Waals surface area (Å²) in [6.07, 6.45) is 0.904. The summed E-state index contributed by atoms with van der Waals surface area (Å²) in [7, 11) is 4.44. The second-order valence-corrected chi connectivity index (χ2v) is 6.81. The number of phenols is 1. The third-order valence-corrected chi connectivity index (χ3v) is 5.05. The number of rotatable bonds is 7. The number of benzene rings is 2. The predicted molar refractivity (Wildman–Crippen MR) is 105 cm³/mol. The molecule has 0 aliphatic carbocycles. The van der Waals surface area contributed by atoms with Gasteiger partial charge in [-0.3, -0.25) is 4.79 Å². The van der Waals surface area contributed by atoms with Crippen molar-refractivity contribution in [1.29, 1.82) is 0 Å². The van der Waals surface area contributed by atoms with Crippen LogP contribution in [-0.4, -0.2) is 38.4 Å². The van der Waals surface area contributed by atoms with Crippen LogP contribution in [0.4, 0.5) is 4.39 Å². The van der Waals surface area contributed by atoms with Gasteiger partial charge in [0.2, 0.25) is 11.7 Å². The molecule has 2 aromatic rings. The molecule has 0 radical (unpaired) electrons. The second-order valence-electron chi connectivity index (χ2n) is 6.81. The summed E-state index contributed by atoms with van der Waals surface area (Å²) in [6.45, 7) is 0.412. The Morgan fingerprint density at radius 2 is 1.83 bits per heavy atom. The van der Waals surface area contributed by atoms with Crippen LogP contribution in [0.2, 0.25) is 0 Å². The van der Waals surface area contributed by atoms with Gasteiger partial charge in [-0.05, 0) is 42.3 Å². The molecule has 1 amide bonds. The van der Waals surface area contributed by atoms with E-state index in [1.807, 2.05) is 0 Å². The Bertz CT molecular complexity index is 864. The summed E-state index contributed by atoms with van der Waals surface area (Å²) in [6, 6.07) is 7.16. The molecule has 0 bridgehead atoms. The number of carbonyl (C=O) groups excluding carboxylic acids is 1. The van der Waals surface area contributed by atoms with Crippen LogP contribution < -0.4 is 24.8 Å². The maximum atomic E-state index is 14.5. The molecule has 1 saturated heterocycles. The van der Waals surface area contributed by atoms with Crippen molar-refractivity contribution in [2.45, 2.75) is 31.5 Å². The normalized spacial score (nSPS) is 18.8. The van der Waals surface area contributed by atoms with Gasteiger partial charge >= 0.3 is 0 Å². The van der Waals surface area contributed by atoms with Crippen LogP contribution in [0.1, 0.15) is 30.0 Å². The van der Waals surface area contributed by atoms with Crippen LogP contribution in [0.15, 0.2) is 30.3 Å². The van der Waals surface area contributed by atoms with Crippen LogP contribution in [-0.2, 0) is 11.3 Å². The molecule has 8 heteroatoms. The number of phenolic OH excluding ortho intramolecular Hbond substituents is 1. The van der Waals surface area contributed by atoms with Crippen molar-refractivity contribution >= 4 is 5.91 Å². The Hall–Kier alpha value is -3.00. The Balaban J connectivity index is 1.83. The largest absolute Gasteiger partial charge is 0.502 e. The van der Waals surface area contributed by atoms with E-state index in [-0.39, 0.29) is 17.7 Å². The van der Waals surface area contributed by atoms with Gasteiger partial charge in [0.1, 0.15) is 11.6 Å². The van der Waals surface area contributed by atoms with Gasteiger partial charge in [0, 0.05) is 24.6 Å². The summed E-state index contributed by atoms with van der Waals surface area (Å²) in [5, 5.41) is 16.3. The molecule has 1 fully saturated rings. The van der Waals surface area contributed by atoms with Gasteiger partial charge in [-0.15, -0.1) is 0 Å². The fourth-order valence-electron chi connectivity index (χ4n) is 3.50. The van der Waals surface area contributed by atoms with Gasteiger partial charge in [-0.2, -0.15) is 0 Å². The van der Waals surface area contributed by atoms with Gasteiger partial charge in [0.15, 0.2) is 11.5 Å². The number of halogens is 1. The lowest BCUT2D eigenvalue weighted by molar-refractivity contribution is -0.123. The summed E-state index contributed by atoms with van der Waals surface area (Å²) in [5.74, 6) is 0.524. The molecule has 1 aliphatic heterocycles. The van der Waals surface area contributed by atoms with E-state index >= 15 is 0 Å². The highest BCUT2D eigenvalue weighted by Crippen LogP contribution is 2.37. The quantitative estimate of drug-likeness (QED) is 0.658. The predicted octanol–water partition coefficient (Wildman–Crippen LogP) is 2.67. The molecular formula is C21H25FN2O5. The monoisotopic (exact) mass is 404 g/mol. The van der Waals surface area contributed by atoms with E-state index in [4.69, 9.17) is 14.2 Å². The molecule has 7 nitrogen and oxygen atoms in total. The SMILES string of the molecule is COc1ccc(F)c([C@@H]2NC(=O)CC[C@H]2NCc2cc(OC)c(O)c(OC)c2)c1. The maximum absolute atomic E-state index is 14.5. The van der Waals surface area contributed by atoms with Crippen molar-refractivity contribution in [2.75, 3.05) is 21.3 Å². The van der Waals surface area contributed by atoms with Crippen molar-refractivity contribution in [3.63, 3.8) is 0 Å². The molecular weight excluding hydrogens is 379 g/mol. The first-order chi connectivity index (χ1) is 14.0. The first-order valence-electron chi connectivity index (χ1n) is 9.26. The number of carbonyl (C=O) groups is 1. The molecule has 1 aliphatic rings. The Morgan fingerprint density at radius 1 is 1.14 bits per heavy atom. The van der Waals surface area contributed by atoms with Gasteiger partial charge in [-0.25, -0.2) is 4.39 Å². The fraction of sp³-hybridized carbons (Fsp3) is 0.381. The molecule has 29 heavy (non-hydrogen) atoms. The number of aromatic hydroxyl groups is 1. The smallest absolute Gasteiger partial charge is 0.220 e. The molecule has 1 heterocycles. The summed E-state index contributed by atoms with van der Waals surface area (Å²) >= 11 is 0. The molecule has 2 atom stereocenters. The third-order valence-electron chi connectivity index (χ3n) is 5.05. The number of ether oxygens (including phenoxy) is 3. The molecule has 3 N–H and O–H groups in total. The van der Waals surface area contributed by atoms with E-state index in [2.05, 4.69) is 10.6 Å². The average Bonchev–Trinajstić information content (AvgIpc) is 2.74. The summed E-state index contributed by atoms with van der Waals surface area (Å²) in [4.78, 5) is 12.0. The van der Waals surface area contributed by atoms with E-state index in [0.717, 1.165) is 5.56 Å². The number of nitrogens with one attached hydrogen (secondary N) is 2. The lowest BCUT2D eigenvalue weighted by atomic mass is 9.91. The van der Waals surface area contributed by atoms with Crippen molar-refractivity contribution in [2.24, 2.45) is 0 Å². The minimum atomic E-state index is -0.535. The average molecular weight is 404 g/mol. The second kappa shape index (κ2) is 9.00. The van der Waals surface area contributed by atoms with Crippen molar-refractivity contribution in [3.05, 3.63) is 47.3 Å². The summed E-state index contributed by atoms with van der Waals surface area (Å²) < 4.78 is 30.1. The Morgan fingerprint density at radius 3 is 2.45 bits per heavy atom. The van der Waals surface area contributed by atoms with Gasteiger partial charge in [0.05, 0.1) is 27.4 Å². The highest BCUT2D eigenvalue weighted by molar-refractivity contribution is 5.77. The Kier molecular flexibility index (Phi) is 6.43. The van der Waals surface area contributed by atoms with Crippen molar-refractivity contribution in [1.82, 2.24) is 10.6 Å².